The summed E-state index contributed by atoms with van der Waals surface area (Å²) < 4.78 is 5.22. The van der Waals surface area contributed by atoms with E-state index in [1.165, 1.54) is 12.8 Å². The van der Waals surface area contributed by atoms with Gasteiger partial charge in [0, 0.05) is 32.3 Å². The number of rotatable bonds is 6. The highest BCUT2D eigenvalue weighted by atomic mass is 16.5. The molecule has 2 aliphatic rings. The fourth-order valence-electron chi connectivity index (χ4n) is 3.90. The molecule has 2 fully saturated rings. The summed E-state index contributed by atoms with van der Waals surface area (Å²) in [5.74, 6) is 0.971. The molecular formula is C24H32N2O3. The summed E-state index contributed by atoms with van der Waals surface area (Å²) in [6, 6.07) is 7.73. The monoisotopic (exact) mass is 396 g/mol. The number of carbonyl (C=O) groups excluding carboxylic acids is 2. The molecule has 5 nitrogen and oxygen atoms in total. The molecule has 0 N–H and O–H groups in total. The zero-order valence-electron chi connectivity index (χ0n) is 17.4. The van der Waals surface area contributed by atoms with Gasteiger partial charge in [-0.15, -0.1) is 0 Å². The van der Waals surface area contributed by atoms with Crippen molar-refractivity contribution in [1.82, 2.24) is 9.80 Å². The van der Waals surface area contributed by atoms with E-state index in [-0.39, 0.29) is 11.8 Å². The lowest BCUT2D eigenvalue weighted by Crippen LogP contribution is -2.35. The van der Waals surface area contributed by atoms with Gasteiger partial charge in [0.05, 0.1) is 13.5 Å². The van der Waals surface area contributed by atoms with E-state index in [0.29, 0.717) is 6.42 Å². The number of carbonyl (C=O) groups is 2. The number of benzene rings is 1. The van der Waals surface area contributed by atoms with Gasteiger partial charge in [0.1, 0.15) is 5.75 Å². The summed E-state index contributed by atoms with van der Waals surface area (Å²) in [5, 5.41) is 0. The Hall–Kier alpha value is -2.56. The fraction of sp³-hybridized carbons (Fsp3) is 0.500. The highest BCUT2D eigenvalue weighted by Crippen LogP contribution is 2.19. The van der Waals surface area contributed by atoms with Gasteiger partial charge >= 0.3 is 0 Å². The van der Waals surface area contributed by atoms with E-state index < -0.39 is 0 Å². The largest absolute Gasteiger partial charge is 0.497 e. The first-order chi connectivity index (χ1) is 14.2. The molecule has 2 heterocycles. The third kappa shape index (κ3) is 6.48. The van der Waals surface area contributed by atoms with Gasteiger partial charge in [-0.1, -0.05) is 24.3 Å². The van der Waals surface area contributed by atoms with Crippen LogP contribution in [0.5, 0.6) is 5.75 Å². The average molecular weight is 397 g/mol. The van der Waals surface area contributed by atoms with Crippen LogP contribution >= 0.6 is 0 Å². The van der Waals surface area contributed by atoms with Crippen LogP contribution in [0, 0.1) is 0 Å². The molecule has 0 unspecified atom stereocenters. The number of nitrogens with zero attached hydrogens (tertiary/aromatic N) is 2. The first-order valence-corrected chi connectivity index (χ1v) is 10.7. The summed E-state index contributed by atoms with van der Waals surface area (Å²) in [7, 11) is 1.64. The first-order valence-electron chi connectivity index (χ1n) is 10.7. The molecule has 0 saturated carbocycles. The van der Waals surface area contributed by atoms with E-state index in [2.05, 4.69) is 0 Å². The van der Waals surface area contributed by atoms with Crippen LogP contribution in [0.2, 0.25) is 0 Å². The molecule has 0 atom stereocenters. The van der Waals surface area contributed by atoms with Crippen molar-refractivity contribution < 1.29 is 14.3 Å². The molecule has 1 aromatic rings. The molecule has 2 saturated heterocycles. The van der Waals surface area contributed by atoms with Gasteiger partial charge in [-0.25, -0.2) is 0 Å². The Balaban J connectivity index is 1.73. The normalized spacial score (nSPS) is 18.2. The summed E-state index contributed by atoms with van der Waals surface area (Å²) in [6.07, 6.45) is 12.4. The third-order valence-corrected chi connectivity index (χ3v) is 5.64. The van der Waals surface area contributed by atoms with Crippen LogP contribution in [-0.4, -0.2) is 54.9 Å². The van der Waals surface area contributed by atoms with Gasteiger partial charge in [0.2, 0.25) is 11.8 Å². The molecule has 2 aliphatic heterocycles. The van der Waals surface area contributed by atoms with E-state index in [1.54, 1.807) is 13.2 Å². The molecule has 0 bridgehead atoms. The molecule has 3 rings (SSSR count). The maximum absolute atomic E-state index is 12.8. The Morgan fingerprint density at radius 1 is 0.862 bits per heavy atom. The highest BCUT2D eigenvalue weighted by Gasteiger charge is 2.18. The Morgan fingerprint density at radius 2 is 1.45 bits per heavy atom. The predicted molar refractivity (Wildman–Crippen MR) is 116 cm³/mol. The number of hydrogen-bond acceptors (Lipinski definition) is 3. The van der Waals surface area contributed by atoms with Crippen molar-refractivity contribution in [2.45, 2.75) is 44.9 Å². The Bertz CT molecular complexity index is 740. The number of amides is 2. The maximum Gasteiger partial charge on any atom is 0.246 e. The highest BCUT2D eigenvalue weighted by molar-refractivity contribution is 5.89. The van der Waals surface area contributed by atoms with Crippen molar-refractivity contribution in [2.24, 2.45) is 0 Å². The van der Waals surface area contributed by atoms with Gasteiger partial charge in [0.15, 0.2) is 0 Å². The predicted octanol–water partition coefficient (Wildman–Crippen LogP) is 4.05. The Morgan fingerprint density at radius 3 is 2.03 bits per heavy atom. The third-order valence-electron chi connectivity index (χ3n) is 5.64. The fourth-order valence-corrected chi connectivity index (χ4v) is 3.90. The van der Waals surface area contributed by atoms with Crippen molar-refractivity contribution in [1.29, 1.82) is 0 Å². The number of ether oxygens (including phenoxy) is 1. The minimum atomic E-state index is 0.0377. The quantitative estimate of drug-likeness (QED) is 0.538. The number of likely N-dealkylation sites (tertiary alicyclic amines) is 2. The second kappa shape index (κ2) is 10.8. The van der Waals surface area contributed by atoms with Crippen LogP contribution in [-0.2, 0) is 9.59 Å². The zero-order valence-corrected chi connectivity index (χ0v) is 17.4. The zero-order chi connectivity index (χ0) is 20.5. The van der Waals surface area contributed by atoms with Gasteiger partial charge in [-0.3, -0.25) is 9.59 Å². The molecule has 0 spiro atoms. The molecular weight excluding hydrogens is 364 g/mol. The number of allylic oxidation sites excluding steroid dienone is 1. The molecule has 156 valence electrons. The van der Waals surface area contributed by atoms with Gasteiger partial charge in [-0.05, 0) is 61.8 Å². The standard InChI is InChI=1S/C24H32N2O3/c1-29-22-11-8-20(9-12-22)18-21(19-24(28)26-16-6-3-7-17-26)10-13-23(27)25-14-4-2-5-15-25/h8-13,18H,2-7,14-17,19H2,1H3/b13-10+,21-18+. The van der Waals surface area contributed by atoms with Crippen molar-refractivity contribution in [3.63, 3.8) is 0 Å². The second-order valence-corrected chi connectivity index (χ2v) is 7.83. The lowest BCUT2D eigenvalue weighted by atomic mass is 10.0. The van der Waals surface area contributed by atoms with E-state index in [0.717, 1.165) is 68.7 Å². The molecule has 0 aliphatic carbocycles. The van der Waals surface area contributed by atoms with Crippen LogP contribution in [0.4, 0.5) is 0 Å². The lowest BCUT2D eigenvalue weighted by molar-refractivity contribution is -0.131. The van der Waals surface area contributed by atoms with Crippen molar-refractivity contribution >= 4 is 17.9 Å². The molecule has 29 heavy (non-hydrogen) atoms. The smallest absolute Gasteiger partial charge is 0.246 e. The van der Waals surface area contributed by atoms with Gasteiger partial charge < -0.3 is 14.5 Å². The maximum atomic E-state index is 12.8. The average Bonchev–Trinajstić information content (AvgIpc) is 2.79. The van der Waals surface area contributed by atoms with E-state index in [4.69, 9.17) is 4.74 Å². The van der Waals surface area contributed by atoms with E-state index >= 15 is 0 Å². The second-order valence-electron chi connectivity index (χ2n) is 7.83. The molecule has 1 aromatic carbocycles. The van der Waals surface area contributed by atoms with Crippen molar-refractivity contribution in [3.8, 4) is 5.75 Å². The SMILES string of the molecule is COc1ccc(/C=C(\C=C\C(=O)N2CCCCC2)CC(=O)N2CCCCC2)cc1. The van der Waals surface area contributed by atoms with Crippen LogP contribution in [0.25, 0.3) is 6.08 Å². The van der Waals surface area contributed by atoms with Crippen molar-refractivity contribution in [2.75, 3.05) is 33.3 Å². The summed E-state index contributed by atoms with van der Waals surface area (Å²) >= 11 is 0. The van der Waals surface area contributed by atoms with Crippen LogP contribution in [0.1, 0.15) is 50.5 Å². The molecule has 5 heteroatoms. The summed E-state index contributed by atoms with van der Waals surface area (Å²) in [4.78, 5) is 29.2. The molecule has 0 aromatic heterocycles. The van der Waals surface area contributed by atoms with E-state index in [9.17, 15) is 9.59 Å². The van der Waals surface area contributed by atoms with Crippen LogP contribution < -0.4 is 4.74 Å². The summed E-state index contributed by atoms with van der Waals surface area (Å²) in [5.41, 5.74) is 1.85. The lowest BCUT2D eigenvalue weighted by Gasteiger charge is -2.27. The van der Waals surface area contributed by atoms with Crippen LogP contribution in [0.15, 0.2) is 42.0 Å². The topological polar surface area (TPSA) is 49.9 Å². The number of piperidine rings is 2. The van der Waals surface area contributed by atoms with Gasteiger partial charge in [0.25, 0.3) is 0 Å². The Labute approximate surface area is 174 Å². The first kappa shape index (κ1) is 21.2. The number of methoxy groups -OCH3 is 1. The minimum Gasteiger partial charge on any atom is -0.497 e. The van der Waals surface area contributed by atoms with E-state index in [1.807, 2.05) is 46.2 Å². The summed E-state index contributed by atoms with van der Waals surface area (Å²) in [6.45, 7) is 3.33. The van der Waals surface area contributed by atoms with Crippen LogP contribution in [0.3, 0.4) is 0 Å². The van der Waals surface area contributed by atoms with Crippen molar-refractivity contribution in [3.05, 3.63) is 47.6 Å². The Kier molecular flexibility index (Phi) is 7.91. The van der Waals surface area contributed by atoms with Gasteiger partial charge in [-0.2, -0.15) is 0 Å². The molecule has 0 radical (unpaired) electrons. The molecule has 2 amide bonds. The number of hydrogen-bond donors (Lipinski definition) is 0. The minimum absolute atomic E-state index is 0.0377.